The van der Waals surface area contributed by atoms with Gasteiger partial charge in [0.2, 0.25) is 11.9 Å². The van der Waals surface area contributed by atoms with Gasteiger partial charge in [-0.3, -0.25) is 9.36 Å². The molecule has 178 valence electrons. The summed E-state index contributed by atoms with van der Waals surface area (Å²) in [7, 11) is 0. The molecule has 3 aromatic rings. The molecule has 0 bridgehead atoms. The minimum Gasteiger partial charge on any atom is -0.395 e. The molecule has 0 spiro atoms. The van der Waals surface area contributed by atoms with E-state index in [4.69, 9.17) is 4.74 Å². The Morgan fingerprint density at radius 2 is 1.91 bits per heavy atom. The van der Waals surface area contributed by atoms with Crippen molar-refractivity contribution in [1.82, 2.24) is 14.8 Å². The molecule has 1 amide bonds. The number of nitrogens with one attached hydrogen (secondary N) is 1. The second kappa shape index (κ2) is 9.11. The number of rotatable bonds is 6. The van der Waals surface area contributed by atoms with Crippen LogP contribution < -0.4 is 19.7 Å². The molecule has 2 aliphatic rings. The number of hydrogen-bond donors (Lipinski definition) is 1. The minimum atomic E-state index is -3.71. The van der Waals surface area contributed by atoms with Crippen LogP contribution in [0.3, 0.4) is 0 Å². The summed E-state index contributed by atoms with van der Waals surface area (Å²) < 4.78 is 42.6. The van der Waals surface area contributed by atoms with Crippen LogP contribution in [0.4, 0.5) is 20.4 Å². The quantitative estimate of drug-likeness (QED) is 0.527. The van der Waals surface area contributed by atoms with E-state index in [0.29, 0.717) is 43.1 Å². The highest BCUT2D eigenvalue weighted by atomic mass is 32.2. The average molecular weight is 490 g/mol. The van der Waals surface area contributed by atoms with Crippen molar-refractivity contribution < 1.29 is 27.8 Å². The first kappa shape index (κ1) is 22.4. The third-order valence-electron chi connectivity index (χ3n) is 5.19. The lowest BCUT2D eigenvalue weighted by molar-refractivity contribution is -0.286. The second-order valence-corrected chi connectivity index (χ2v) is 8.66. The van der Waals surface area contributed by atoms with E-state index in [2.05, 4.69) is 29.9 Å². The predicted molar refractivity (Wildman–Crippen MR) is 121 cm³/mol. The molecule has 5 rings (SSSR count). The normalized spacial score (nSPS) is 16.5. The van der Waals surface area contributed by atoms with E-state index in [0.717, 1.165) is 11.3 Å². The Morgan fingerprint density at radius 1 is 1.12 bits per heavy atom. The maximum absolute atomic E-state index is 13.2. The number of carbonyl (C=O) groups is 1. The van der Waals surface area contributed by atoms with Gasteiger partial charge in [-0.25, -0.2) is 0 Å². The average Bonchev–Trinajstić information content (AvgIpc) is 3.37. The number of alkyl halides is 2. The van der Waals surface area contributed by atoms with Crippen LogP contribution in [0.5, 0.6) is 11.5 Å². The first-order valence-corrected chi connectivity index (χ1v) is 11.5. The van der Waals surface area contributed by atoms with Gasteiger partial charge in [0, 0.05) is 24.8 Å². The number of hydrogen-bond acceptors (Lipinski definition) is 8. The van der Waals surface area contributed by atoms with Crippen molar-refractivity contribution in [2.24, 2.45) is 0 Å². The number of ether oxygens (including phenoxy) is 3. The molecule has 2 aliphatic heterocycles. The highest BCUT2D eigenvalue weighted by Crippen LogP contribution is 2.42. The molecule has 0 aliphatic carbocycles. The molecular formula is C22H21F2N5O4S. The van der Waals surface area contributed by atoms with Gasteiger partial charge in [-0.1, -0.05) is 23.9 Å². The van der Waals surface area contributed by atoms with Gasteiger partial charge in [0.05, 0.1) is 24.7 Å². The van der Waals surface area contributed by atoms with E-state index in [1.54, 1.807) is 0 Å². The van der Waals surface area contributed by atoms with Crippen molar-refractivity contribution >= 4 is 29.3 Å². The Morgan fingerprint density at radius 3 is 2.71 bits per heavy atom. The van der Waals surface area contributed by atoms with Crippen molar-refractivity contribution in [3.05, 3.63) is 48.0 Å². The maximum atomic E-state index is 13.2. The van der Waals surface area contributed by atoms with Crippen molar-refractivity contribution in [2.75, 3.05) is 42.3 Å². The van der Waals surface area contributed by atoms with Gasteiger partial charge in [0.1, 0.15) is 0 Å². The van der Waals surface area contributed by atoms with Gasteiger partial charge in [-0.2, -0.15) is 0 Å². The first-order chi connectivity index (χ1) is 16.4. The molecule has 0 saturated carbocycles. The first-order valence-electron chi connectivity index (χ1n) is 10.6. The topological polar surface area (TPSA) is 90.7 Å². The van der Waals surface area contributed by atoms with Crippen molar-refractivity contribution in [2.45, 2.75) is 18.4 Å². The van der Waals surface area contributed by atoms with E-state index in [-0.39, 0.29) is 23.2 Å². The molecule has 0 unspecified atom stereocenters. The number of amides is 1. The number of halogens is 2. The summed E-state index contributed by atoms with van der Waals surface area (Å²) in [5.41, 5.74) is 2.30. The second-order valence-electron chi connectivity index (χ2n) is 7.72. The summed E-state index contributed by atoms with van der Waals surface area (Å²) >= 11 is 1.23. The minimum absolute atomic E-state index is 0.0393. The zero-order chi connectivity index (χ0) is 23.7. The molecule has 2 aromatic carbocycles. The summed E-state index contributed by atoms with van der Waals surface area (Å²) in [6.45, 7) is 4.60. The smallest absolute Gasteiger partial charge is 0.395 e. The Balaban J connectivity index is 1.32. The van der Waals surface area contributed by atoms with Gasteiger partial charge in [0.25, 0.3) is 0 Å². The molecule has 0 atom stereocenters. The van der Waals surface area contributed by atoms with Gasteiger partial charge >= 0.3 is 6.29 Å². The van der Waals surface area contributed by atoms with Gasteiger partial charge < -0.3 is 24.4 Å². The molecule has 34 heavy (non-hydrogen) atoms. The lowest BCUT2D eigenvalue weighted by Gasteiger charge is -2.28. The van der Waals surface area contributed by atoms with Crippen LogP contribution in [-0.4, -0.2) is 59.0 Å². The number of thioether (sulfide) groups is 1. The standard InChI is InChI=1S/C22H21F2N5O4S/c1-14-3-2-4-16(11-14)29-20(28-7-9-31-10-8-28)26-27-21(29)34-13-19(30)25-15-5-6-17-18(12-15)33-22(23,24)32-17/h2-6,11-12H,7-10,13H2,1H3,(H,25,30). The van der Waals surface area contributed by atoms with Crippen LogP contribution in [0, 0.1) is 6.92 Å². The molecule has 3 heterocycles. The molecule has 12 heteroatoms. The SMILES string of the molecule is Cc1cccc(-n2c(SCC(=O)Nc3ccc4c(c3)OC(F)(F)O4)nnc2N2CCOCC2)c1. The highest BCUT2D eigenvalue weighted by Gasteiger charge is 2.43. The third kappa shape index (κ3) is 4.77. The Labute approximate surface area is 198 Å². The summed E-state index contributed by atoms with van der Waals surface area (Å²) in [4.78, 5) is 14.7. The van der Waals surface area contributed by atoms with Crippen molar-refractivity contribution in [3.63, 3.8) is 0 Å². The monoisotopic (exact) mass is 489 g/mol. The van der Waals surface area contributed by atoms with E-state index in [1.807, 2.05) is 35.8 Å². The van der Waals surface area contributed by atoms with E-state index in [9.17, 15) is 13.6 Å². The molecule has 1 fully saturated rings. The summed E-state index contributed by atoms with van der Waals surface area (Å²) in [5, 5.41) is 12.0. The fourth-order valence-corrected chi connectivity index (χ4v) is 4.42. The van der Waals surface area contributed by atoms with Crippen LogP contribution >= 0.6 is 11.8 Å². The van der Waals surface area contributed by atoms with E-state index >= 15 is 0 Å². The van der Waals surface area contributed by atoms with Gasteiger partial charge in [0.15, 0.2) is 16.7 Å². The van der Waals surface area contributed by atoms with Crippen LogP contribution in [0.2, 0.25) is 0 Å². The van der Waals surface area contributed by atoms with Crippen molar-refractivity contribution in [1.29, 1.82) is 0 Å². The lowest BCUT2D eigenvalue weighted by atomic mass is 10.2. The Hall–Kier alpha value is -3.38. The summed E-state index contributed by atoms with van der Waals surface area (Å²) in [6, 6.07) is 12.0. The van der Waals surface area contributed by atoms with E-state index < -0.39 is 6.29 Å². The van der Waals surface area contributed by atoms with E-state index in [1.165, 1.54) is 30.0 Å². The summed E-state index contributed by atoms with van der Waals surface area (Å²) in [5.74, 6) is 0.178. The number of aromatic nitrogens is 3. The number of aryl methyl sites for hydroxylation is 1. The van der Waals surface area contributed by atoms with Gasteiger partial charge in [-0.05, 0) is 36.8 Å². The fraction of sp³-hybridized carbons (Fsp3) is 0.318. The number of fused-ring (bicyclic) bond motifs is 1. The highest BCUT2D eigenvalue weighted by molar-refractivity contribution is 7.99. The molecule has 0 radical (unpaired) electrons. The molecule has 1 saturated heterocycles. The fourth-order valence-electron chi connectivity index (χ4n) is 3.67. The molecule has 9 nitrogen and oxygen atoms in total. The Bertz CT molecular complexity index is 1220. The maximum Gasteiger partial charge on any atom is 0.586 e. The van der Waals surface area contributed by atoms with Crippen molar-refractivity contribution in [3.8, 4) is 17.2 Å². The van der Waals surface area contributed by atoms with Crippen LogP contribution in [0.25, 0.3) is 5.69 Å². The predicted octanol–water partition coefficient (Wildman–Crippen LogP) is 3.46. The molecule has 1 N–H and O–H groups in total. The van der Waals surface area contributed by atoms with Crippen LogP contribution in [-0.2, 0) is 9.53 Å². The zero-order valence-electron chi connectivity index (χ0n) is 18.2. The number of anilines is 2. The largest absolute Gasteiger partial charge is 0.586 e. The Kier molecular flexibility index (Phi) is 6.00. The number of benzene rings is 2. The van der Waals surface area contributed by atoms with Gasteiger partial charge in [-0.15, -0.1) is 19.0 Å². The summed E-state index contributed by atoms with van der Waals surface area (Å²) in [6.07, 6.45) is -3.71. The number of carbonyl (C=O) groups excluding carboxylic acids is 1. The lowest BCUT2D eigenvalue weighted by Crippen LogP contribution is -2.37. The van der Waals surface area contributed by atoms with Crippen LogP contribution in [0.15, 0.2) is 47.6 Å². The zero-order valence-corrected chi connectivity index (χ0v) is 19.0. The number of nitrogens with zero attached hydrogens (tertiary/aromatic N) is 4. The number of morpholine rings is 1. The molecule has 1 aromatic heterocycles. The molecular weight excluding hydrogens is 468 g/mol. The third-order valence-corrected chi connectivity index (χ3v) is 6.12. The van der Waals surface area contributed by atoms with Crippen LogP contribution in [0.1, 0.15) is 5.56 Å².